The van der Waals surface area contributed by atoms with E-state index in [4.69, 9.17) is 0 Å². The summed E-state index contributed by atoms with van der Waals surface area (Å²) in [5, 5.41) is 0. The Hall–Kier alpha value is -2.56. The average Bonchev–Trinajstić information content (AvgIpc) is 3.16. The fourth-order valence-electron chi connectivity index (χ4n) is 3.70. The molecule has 1 aromatic heterocycles. The van der Waals surface area contributed by atoms with E-state index in [2.05, 4.69) is 49.7 Å². The molecule has 0 unspecified atom stereocenters. The summed E-state index contributed by atoms with van der Waals surface area (Å²) in [6, 6.07) is 14.5. The summed E-state index contributed by atoms with van der Waals surface area (Å²) in [7, 11) is 0. The highest BCUT2D eigenvalue weighted by atomic mass is 16.2. The van der Waals surface area contributed by atoms with Crippen molar-refractivity contribution in [1.29, 1.82) is 0 Å². The van der Waals surface area contributed by atoms with E-state index < -0.39 is 0 Å². The number of amides is 2. The molecule has 2 aromatic rings. The lowest BCUT2D eigenvalue weighted by atomic mass is 10.1. The van der Waals surface area contributed by atoms with Crippen molar-refractivity contribution in [3.05, 3.63) is 59.9 Å². The van der Waals surface area contributed by atoms with Crippen molar-refractivity contribution in [2.45, 2.75) is 73.0 Å². The van der Waals surface area contributed by atoms with Crippen LogP contribution in [0.2, 0.25) is 0 Å². The van der Waals surface area contributed by atoms with Crippen LogP contribution >= 0.6 is 0 Å². The molecule has 0 spiro atoms. The SMILES string of the molecule is CCCCC(=O)N(CC(=O)N(Cc1cccn1Cc1ccccc1)C(C)C)CC(C)C. The zero-order valence-electron chi connectivity index (χ0n) is 19.9. The van der Waals surface area contributed by atoms with Gasteiger partial charge in [0, 0.05) is 37.4 Å². The van der Waals surface area contributed by atoms with Gasteiger partial charge in [0.2, 0.25) is 11.8 Å². The number of aromatic nitrogens is 1. The Bertz CT molecular complexity index is 811. The number of unbranched alkanes of at least 4 members (excludes halogenated alkanes) is 1. The second-order valence-electron chi connectivity index (χ2n) is 9.00. The highest BCUT2D eigenvalue weighted by Crippen LogP contribution is 2.14. The molecule has 2 amide bonds. The van der Waals surface area contributed by atoms with Crippen LogP contribution in [-0.2, 0) is 22.7 Å². The van der Waals surface area contributed by atoms with Gasteiger partial charge in [0.25, 0.3) is 0 Å². The topological polar surface area (TPSA) is 45.6 Å². The minimum Gasteiger partial charge on any atom is -0.345 e. The zero-order valence-corrected chi connectivity index (χ0v) is 19.9. The van der Waals surface area contributed by atoms with Crippen LogP contribution < -0.4 is 0 Å². The van der Waals surface area contributed by atoms with Crippen LogP contribution in [0.1, 0.15) is 65.1 Å². The summed E-state index contributed by atoms with van der Waals surface area (Å²) < 4.78 is 2.19. The number of carbonyl (C=O) groups excluding carboxylic acids is 2. The van der Waals surface area contributed by atoms with Gasteiger partial charge in [-0.1, -0.05) is 57.5 Å². The molecule has 170 valence electrons. The second-order valence-corrected chi connectivity index (χ2v) is 9.00. The fraction of sp³-hybridized carbons (Fsp3) is 0.538. The summed E-state index contributed by atoms with van der Waals surface area (Å²) >= 11 is 0. The molecule has 0 saturated heterocycles. The van der Waals surface area contributed by atoms with Crippen LogP contribution in [-0.4, -0.2) is 45.3 Å². The van der Waals surface area contributed by atoms with Gasteiger partial charge < -0.3 is 14.4 Å². The first kappa shape index (κ1) is 24.7. The molecule has 1 aromatic carbocycles. The maximum Gasteiger partial charge on any atom is 0.242 e. The predicted molar refractivity (Wildman–Crippen MR) is 127 cm³/mol. The largest absolute Gasteiger partial charge is 0.345 e. The molecule has 0 aliphatic carbocycles. The van der Waals surface area contributed by atoms with Crippen molar-refractivity contribution in [3.63, 3.8) is 0 Å². The number of hydrogen-bond acceptors (Lipinski definition) is 2. The van der Waals surface area contributed by atoms with Gasteiger partial charge in [-0.15, -0.1) is 0 Å². The lowest BCUT2D eigenvalue weighted by Crippen LogP contribution is -2.46. The molecule has 31 heavy (non-hydrogen) atoms. The zero-order chi connectivity index (χ0) is 22.8. The summed E-state index contributed by atoms with van der Waals surface area (Å²) in [5.74, 6) is 0.419. The predicted octanol–water partition coefficient (Wildman–Crippen LogP) is 4.95. The van der Waals surface area contributed by atoms with E-state index in [0.717, 1.165) is 25.1 Å². The Morgan fingerprint density at radius 3 is 2.29 bits per heavy atom. The second kappa shape index (κ2) is 12.3. The number of hydrogen-bond donors (Lipinski definition) is 0. The number of carbonyl (C=O) groups is 2. The normalized spacial score (nSPS) is 11.2. The first-order valence-corrected chi connectivity index (χ1v) is 11.6. The standard InChI is InChI=1S/C26H39N3O2/c1-6-7-15-25(30)28(17-21(2)3)20-26(31)29(22(4)5)19-24-14-11-16-27(24)18-23-12-9-8-10-13-23/h8-14,16,21-22H,6-7,15,17-20H2,1-5H3. The first-order valence-electron chi connectivity index (χ1n) is 11.6. The molecule has 5 nitrogen and oxygen atoms in total. The minimum atomic E-state index is 0.00737. The Kier molecular flexibility index (Phi) is 9.83. The van der Waals surface area contributed by atoms with Gasteiger partial charge >= 0.3 is 0 Å². The molecular weight excluding hydrogens is 386 g/mol. The third-order valence-corrected chi connectivity index (χ3v) is 5.40. The van der Waals surface area contributed by atoms with Gasteiger partial charge in [0.1, 0.15) is 0 Å². The van der Waals surface area contributed by atoms with Crippen molar-refractivity contribution in [2.24, 2.45) is 5.92 Å². The summed E-state index contributed by atoms with van der Waals surface area (Å²) in [6.45, 7) is 12.4. The molecular formula is C26H39N3O2. The Balaban J connectivity index is 2.11. The van der Waals surface area contributed by atoms with E-state index in [1.54, 1.807) is 4.90 Å². The monoisotopic (exact) mass is 425 g/mol. The first-order chi connectivity index (χ1) is 14.8. The van der Waals surface area contributed by atoms with Crippen molar-refractivity contribution < 1.29 is 9.59 Å². The Morgan fingerprint density at radius 2 is 1.68 bits per heavy atom. The number of benzene rings is 1. The van der Waals surface area contributed by atoms with Crippen molar-refractivity contribution >= 4 is 11.8 Å². The van der Waals surface area contributed by atoms with Crippen LogP contribution in [0.4, 0.5) is 0 Å². The number of nitrogens with zero attached hydrogens (tertiary/aromatic N) is 3. The quantitative estimate of drug-likeness (QED) is 0.483. The lowest BCUT2D eigenvalue weighted by molar-refractivity contribution is -0.142. The van der Waals surface area contributed by atoms with E-state index in [9.17, 15) is 9.59 Å². The van der Waals surface area contributed by atoms with Gasteiger partial charge in [0.15, 0.2) is 0 Å². The minimum absolute atomic E-state index is 0.00737. The highest BCUT2D eigenvalue weighted by Gasteiger charge is 2.24. The van der Waals surface area contributed by atoms with Crippen LogP contribution in [0.5, 0.6) is 0 Å². The van der Waals surface area contributed by atoms with Gasteiger partial charge in [-0.25, -0.2) is 0 Å². The molecule has 0 aliphatic heterocycles. The molecule has 0 fully saturated rings. The molecule has 0 saturated carbocycles. The van der Waals surface area contributed by atoms with E-state index in [0.29, 0.717) is 25.4 Å². The third-order valence-electron chi connectivity index (χ3n) is 5.40. The van der Waals surface area contributed by atoms with Gasteiger partial charge in [-0.2, -0.15) is 0 Å². The van der Waals surface area contributed by atoms with Crippen LogP contribution in [0, 0.1) is 5.92 Å². The molecule has 0 atom stereocenters. The molecule has 2 rings (SSSR count). The van der Waals surface area contributed by atoms with E-state index in [1.807, 2.05) is 43.0 Å². The third kappa shape index (κ3) is 7.89. The van der Waals surface area contributed by atoms with Crippen molar-refractivity contribution in [3.8, 4) is 0 Å². The van der Waals surface area contributed by atoms with Crippen LogP contribution in [0.25, 0.3) is 0 Å². The van der Waals surface area contributed by atoms with Crippen molar-refractivity contribution in [1.82, 2.24) is 14.4 Å². The van der Waals surface area contributed by atoms with Crippen molar-refractivity contribution in [2.75, 3.05) is 13.1 Å². The molecule has 0 radical (unpaired) electrons. The molecule has 0 aliphatic rings. The summed E-state index contributed by atoms with van der Waals surface area (Å²) in [4.78, 5) is 29.6. The summed E-state index contributed by atoms with van der Waals surface area (Å²) in [5.41, 5.74) is 2.32. The van der Waals surface area contributed by atoms with Crippen LogP contribution in [0.15, 0.2) is 48.7 Å². The fourth-order valence-corrected chi connectivity index (χ4v) is 3.70. The Labute approximate surface area is 188 Å². The molecule has 0 N–H and O–H groups in total. The molecule has 1 heterocycles. The van der Waals surface area contributed by atoms with E-state index in [1.165, 1.54) is 5.56 Å². The smallest absolute Gasteiger partial charge is 0.242 e. The summed E-state index contributed by atoms with van der Waals surface area (Å²) in [6.07, 6.45) is 4.41. The maximum absolute atomic E-state index is 13.3. The van der Waals surface area contributed by atoms with Gasteiger partial charge in [-0.05, 0) is 43.9 Å². The Morgan fingerprint density at radius 1 is 0.968 bits per heavy atom. The van der Waals surface area contributed by atoms with E-state index >= 15 is 0 Å². The van der Waals surface area contributed by atoms with Crippen LogP contribution in [0.3, 0.4) is 0 Å². The lowest BCUT2D eigenvalue weighted by Gasteiger charge is -2.31. The maximum atomic E-state index is 13.3. The van der Waals surface area contributed by atoms with Gasteiger partial charge in [0.05, 0.1) is 13.1 Å². The average molecular weight is 426 g/mol. The molecule has 5 heteroatoms. The number of rotatable bonds is 12. The highest BCUT2D eigenvalue weighted by molar-refractivity contribution is 5.85. The van der Waals surface area contributed by atoms with E-state index in [-0.39, 0.29) is 24.4 Å². The van der Waals surface area contributed by atoms with Gasteiger partial charge in [-0.3, -0.25) is 9.59 Å². The molecule has 0 bridgehead atoms.